The molecule has 1 heterocycles. The van der Waals surface area contributed by atoms with Crippen LogP contribution in [0.25, 0.3) is 6.08 Å². The molecule has 1 saturated heterocycles. The minimum absolute atomic E-state index is 0.0341. The molecule has 1 aliphatic heterocycles. The normalized spacial score (nSPS) is 17.1. The molecular formula is C26H32ClN3O2. The number of aliphatic hydroxyl groups is 1. The molecule has 6 heteroatoms. The van der Waals surface area contributed by atoms with Gasteiger partial charge in [-0.25, -0.2) is 0 Å². The molecular weight excluding hydrogens is 422 g/mol. The second-order valence-corrected chi connectivity index (χ2v) is 9.01. The van der Waals surface area contributed by atoms with E-state index in [1.54, 1.807) is 0 Å². The zero-order valence-corrected chi connectivity index (χ0v) is 19.4. The van der Waals surface area contributed by atoms with Crippen LogP contribution < -0.4 is 10.2 Å². The first-order valence-corrected chi connectivity index (χ1v) is 11.9. The SMILES string of the molecule is CCc1cccc(N2CCN(CC(O)CCNC(=O)C3=Cc4ccccc4C3)CC2)c1Cl. The summed E-state index contributed by atoms with van der Waals surface area (Å²) >= 11 is 6.59. The Bertz CT molecular complexity index is 983. The lowest BCUT2D eigenvalue weighted by Gasteiger charge is -2.37. The van der Waals surface area contributed by atoms with E-state index in [0.717, 1.165) is 54.4 Å². The standard InChI is InChI=1S/C26H32ClN3O2/c1-2-19-8-5-9-24(25(19)27)30-14-12-29(13-15-30)18-23(31)10-11-28-26(32)22-16-20-6-3-4-7-21(20)17-22/h3-9,16,23,31H,2,10-15,17-18H2,1H3,(H,28,32). The Labute approximate surface area is 195 Å². The van der Waals surface area contributed by atoms with Gasteiger partial charge in [-0.05, 0) is 41.7 Å². The molecule has 2 aliphatic rings. The largest absolute Gasteiger partial charge is 0.392 e. The van der Waals surface area contributed by atoms with E-state index in [9.17, 15) is 9.90 Å². The Kier molecular flexibility index (Phi) is 7.51. The predicted octanol–water partition coefficient (Wildman–Crippen LogP) is 3.53. The van der Waals surface area contributed by atoms with E-state index < -0.39 is 6.10 Å². The molecule has 0 spiro atoms. The summed E-state index contributed by atoms with van der Waals surface area (Å²) in [5.74, 6) is -0.0341. The molecule has 1 amide bonds. The van der Waals surface area contributed by atoms with Crippen LogP contribution in [0.3, 0.4) is 0 Å². The second-order valence-electron chi connectivity index (χ2n) is 8.64. The molecule has 170 valence electrons. The van der Waals surface area contributed by atoms with Crippen LogP contribution in [-0.2, 0) is 17.6 Å². The van der Waals surface area contributed by atoms with Crippen molar-refractivity contribution < 1.29 is 9.90 Å². The van der Waals surface area contributed by atoms with Crippen LogP contribution in [0.5, 0.6) is 0 Å². The van der Waals surface area contributed by atoms with Gasteiger partial charge in [-0.1, -0.05) is 54.9 Å². The average molecular weight is 454 g/mol. The van der Waals surface area contributed by atoms with Crippen molar-refractivity contribution in [2.24, 2.45) is 0 Å². The van der Waals surface area contributed by atoms with Crippen molar-refractivity contribution in [2.75, 3.05) is 44.2 Å². The molecule has 0 bridgehead atoms. The Balaban J connectivity index is 1.18. The number of anilines is 1. The maximum Gasteiger partial charge on any atom is 0.247 e. The van der Waals surface area contributed by atoms with E-state index in [1.807, 2.05) is 24.3 Å². The van der Waals surface area contributed by atoms with Gasteiger partial charge in [0.2, 0.25) is 5.91 Å². The van der Waals surface area contributed by atoms with Gasteiger partial charge in [-0.2, -0.15) is 0 Å². The van der Waals surface area contributed by atoms with Crippen molar-refractivity contribution in [1.82, 2.24) is 10.2 Å². The first kappa shape index (κ1) is 22.8. The minimum Gasteiger partial charge on any atom is -0.392 e. The van der Waals surface area contributed by atoms with Crippen LogP contribution >= 0.6 is 11.6 Å². The Morgan fingerprint density at radius 3 is 2.66 bits per heavy atom. The molecule has 1 atom stereocenters. The summed E-state index contributed by atoms with van der Waals surface area (Å²) in [4.78, 5) is 17.1. The zero-order chi connectivity index (χ0) is 22.5. The van der Waals surface area contributed by atoms with Crippen molar-refractivity contribution in [3.63, 3.8) is 0 Å². The molecule has 1 fully saturated rings. The molecule has 32 heavy (non-hydrogen) atoms. The number of nitrogens with one attached hydrogen (secondary N) is 1. The number of benzene rings is 2. The lowest BCUT2D eigenvalue weighted by atomic mass is 10.1. The molecule has 2 aromatic carbocycles. The number of hydrogen-bond acceptors (Lipinski definition) is 4. The molecule has 0 radical (unpaired) electrons. The average Bonchev–Trinajstić information content (AvgIpc) is 3.24. The maximum atomic E-state index is 12.4. The third-order valence-electron chi connectivity index (χ3n) is 6.44. The number of carbonyl (C=O) groups excluding carboxylic acids is 1. The summed E-state index contributed by atoms with van der Waals surface area (Å²) < 4.78 is 0. The third kappa shape index (κ3) is 5.34. The fraction of sp³-hybridized carbons (Fsp3) is 0.423. The summed E-state index contributed by atoms with van der Waals surface area (Å²) in [6.07, 6.45) is 3.67. The van der Waals surface area contributed by atoms with Crippen molar-refractivity contribution in [1.29, 1.82) is 0 Å². The van der Waals surface area contributed by atoms with Gasteiger partial charge in [-0.15, -0.1) is 0 Å². The predicted molar refractivity (Wildman–Crippen MR) is 131 cm³/mol. The lowest BCUT2D eigenvalue weighted by molar-refractivity contribution is -0.117. The van der Waals surface area contributed by atoms with Gasteiger partial charge in [0.1, 0.15) is 0 Å². The van der Waals surface area contributed by atoms with Gasteiger partial charge in [0.05, 0.1) is 16.8 Å². The van der Waals surface area contributed by atoms with E-state index >= 15 is 0 Å². The Morgan fingerprint density at radius 2 is 1.91 bits per heavy atom. The van der Waals surface area contributed by atoms with Gasteiger partial charge in [0.15, 0.2) is 0 Å². The van der Waals surface area contributed by atoms with E-state index in [-0.39, 0.29) is 5.91 Å². The monoisotopic (exact) mass is 453 g/mol. The van der Waals surface area contributed by atoms with E-state index in [0.29, 0.717) is 25.9 Å². The Morgan fingerprint density at radius 1 is 1.12 bits per heavy atom. The summed E-state index contributed by atoms with van der Waals surface area (Å²) in [6.45, 7) is 6.79. The van der Waals surface area contributed by atoms with Crippen molar-refractivity contribution in [3.8, 4) is 0 Å². The van der Waals surface area contributed by atoms with Crippen LogP contribution in [0.4, 0.5) is 5.69 Å². The number of rotatable bonds is 8. The highest BCUT2D eigenvalue weighted by Crippen LogP contribution is 2.30. The van der Waals surface area contributed by atoms with Crippen LogP contribution in [0.15, 0.2) is 48.0 Å². The van der Waals surface area contributed by atoms with E-state index in [4.69, 9.17) is 11.6 Å². The summed E-state index contributed by atoms with van der Waals surface area (Å²) in [7, 11) is 0. The number of halogens is 1. The molecule has 0 saturated carbocycles. The smallest absolute Gasteiger partial charge is 0.247 e. The highest BCUT2D eigenvalue weighted by molar-refractivity contribution is 6.34. The summed E-state index contributed by atoms with van der Waals surface area (Å²) in [6, 6.07) is 14.3. The van der Waals surface area contributed by atoms with E-state index in [1.165, 1.54) is 11.1 Å². The van der Waals surface area contributed by atoms with Gasteiger partial charge in [0.25, 0.3) is 0 Å². The summed E-state index contributed by atoms with van der Waals surface area (Å²) in [5.41, 5.74) is 5.40. The molecule has 4 rings (SSSR count). The first-order chi connectivity index (χ1) is 15.5. The maximum absolute atomic E-state index is 12.4. The van der Waals surface area contributed by atoms with Crippen LogP contribution in [0, 0.1) is 0 Å². The number of carbonyl (C=O) groups is 1. The summed E-state index contributed by atoms with van der Waals surface area (Å²) in [5, 5.41) is 14.3. The molecule has 1 unspecified atom stereocenters. The number of hydrogen-bond donors (Lipinski definition) is 2. The van der Waals surface area contributed by atoms with Crippen LogP contribution in [-0.4, -0.2) is 61.3 Å². The number of fused-ring (bicyclic) bond motifs is 1. The number of aliphatic hydroxyl groups excluding tert-OH is 1. The second kappa shape index (κ2) is 10.5. The Hall–Kier alpha value is -2.34. The molecule has 2 N–H and O–H groups in total. The molecule has 0 aromatic heterocycles. The minimum atomic E-state index is -0.455. The number of β-amino-alcohol motifs (C(OH)–C–C–N with tert-alkyl or cyclic N) is 1. The van der Waals surface area contributed by atoms with Gasteiger partial charge >= 0.3 is 0 Å². The van der Waals surface area contributed by atoms with Gasteiger partial charge in [-0.3, -0.25) is 9.69 Å². The highest BCUT2D eigenvalue weighted by Gasteiger charge is 2.22. The van der Waals surface area contributed by atoms with Crippen LogP contribution in [0.1, 0.15) is 30.0 Å². The fourth-order valence-corrected chi connectivity index (χ4v) is 4.91. The van der Waals surface area contributed by atoms with Crippen molar-refractivity contribution in [3.05, 3.63) is 69.8 Å². The van der Waals surface area contributed by atoms with Crippen molar-refractivity contribution in [2.45, 2.75) is 32.3 Å². The molecule has 1 aliphatic carbocycles. The number of nitrogens with zero attached hydrogens (tertiary/aromatic N) is 2. The number of piperazine rings is 1. The fourth-order valence-electron chi connectivity index (χ4n) is 4.54. The third-order valence-corrected chi connectivity index (χ3v) is 6.88. The van der Waals surface area contributed by atoms with E-state index in [2.05, 4.69) is 46.3 Å². The lowest BCUT2D eigenvalue weighted by Crippen LogP contribution is -2.49. The highest BCUT2D eigenvalue weighted by atomic mass is 35.5. The number of aryl methyl sites for hydroxylation is 1. The zero-order valence-electron chi connectivity index (χ0n) is 18.7. The van der Waals surface area contributed by atoms with Gasteiger partial charge in [0, 0.05) is 51.3 Å². The molecule has 5 nitrogen and oxygen atoms in total. The first-order valence-electron chi connectivity index (χ1n) is 11.5. The quantitative estimate of drug-likeness (QED) is 0.642. The van der Waals surface area contributed by atoms with Crippen LogP contribution in [0.2, 0.25) is 5.02 Å². The molecule has 2 aromatic rings. The van der Waals surface area contributed by atoms with Gasteiger partial charge < -0.3 is 15.3 Å². The number of amides is 1. The van der Waals surface area contributed by atoms with Crippen molar-refractivity contribution >= 4 is 29.3 Å². The topological polar surface area (TPSA) is 55.8 Å².